The number of benzene rings is 2. The van der Waals surface area contributed by atoms with E-state index in [-0.39, 0.29) is 11.2 Å². The van der Waals surface area contributed by atoms with Crippen LogP contribution in [0.3, 0.4) is 0 Å². The van der Waals surface area contributed by atoms with Crippen molar-refractivity contribution in [3.05, 3.63) is 65.0 Å². The van der Waals surface area contributed by atoms with Gasteiger partial charge in [-0.3, -0.25) is 4.79 Å². The predicted octanol–water partition coefficient (Wildman–Crippen LogP) is 6.67. The zero-order chi connectivity index (χ0) is 24.9. The number of aryl methyl sites for hydroxylation is 1. The fourth-order valence-corrected chi connectivity index (χ4v) is 5.73. The number of rotatable bonds is 8. The standard InChI is InChI=1S/C27H25N3O3S2/c1-5-23(35-24-13-16(2)19-7-6-8-22(33-4)25(19)29-24)26(31)30-27-20(14-28)21(15-34-27)17-9-11-18(32-3)12-10-17/h6-13,15,23H,5H2,1-4H3,(H,30,31). The highest BCUT2D eigenvalue weighted by atomic mass is 32.2. The summed E-state index contributed by atoms with van der Waals surface area (Å²) >= 11 is 2.76. The van der Waals surface area contributed by atoms with E-state index < -0.39 is 0 Å². The molecule has 2 aromatic carbocycles. The Morgan fingerprint density at radius 2 is 1.97 bits per heavy atom. The van der Waals surface area contributed by atoms with Gasteiger partial charge in [0.05, 0.1) is 30.1 Å². The van der Waals surface area contributed by atoms with Gasteiger partial charge < -0.3 is 14.8 Å². The van der Waals surface area contributed by atoms with Gasteiger partial charge in [-0.25, -0.2) is 4.98 Å². The van der Waals surface area contributed by atoms with Crippen molar-refractivity contribution in [1.82, 2.24) is 4.98 Å². The van der Waals surface area contributed by atoms with Crippen LogP contribution in [-0.2, 0) is 4.79 Å². The molecule has 0 aliphatic rings. The van der Waals surface area contributed by atoms with Gasteiger partial charge in [0.1, 0.15) is 28.1 Å². The molecule has 0 aliphatic heterocycles. The minimum absolute atomic E-state index is 0.156. The minimum Gasteiger partial charge on any atom is -0.497 e. The fourth-order valence-electron chi connectivity index (χ4n) is 3.79. The van der Waals surface area contributed by atoms with E-state index in [1.54, 1.807) is 14.2 Å². The molecule has 6 nitrogen and oxygen atoms in total. The average Bonchev–Trinajstić information content (AvgIpc) is 3.29. The van der Waals surface area contributed by atoms with Gasteiger partial charge in [-0.2, -0.15) is 5.26 Å². The molecular weight excluding hydrogens is 478 g/mol. The van der Waals surface area contributed by atoms with Crippen LogP contribution >= 0.6 is 23.1 Å². The third-order valence-corrected chi connectivity index (χ3v) is 7.85. The number of methoxy groups -OCH3 is 2. The van der Waals surface area contributed by atoms with E-state index in [1.165, 1.54) is 23.1 Å². The number of pyridine rings is 1. The number of carbonyl (C=O) groups excluding carboxylic acids is 1. The maximum Gasteiger partial charge on any atom is 0.238 e. The first-order chi connectivity index (χ1) is 17.0. The van der Waals surface area contributed by atoms with Crippen molar-refractivity contribution in [3.63, 3.8) is 0 Å². The second-order valence-corrected chi connectivity index (χ2v) is 9.93. The average molecular weight is 504 g/mol. The lowest BCUT2D eigenvalue weighted by Crippen LogP contribution is -2.24. The molecule has 0 fully saturated rings. The highest BCUT2D eigenvalue weighted by Crippen LogP contribution is 2.37. The molecule has 4 aromatic rings. The van der Waals surface area contributed by atoms with Crippen molar-refractivity contribution < 1.29 is 14.3 Å². The normalized spacial score (nSPS) is 11.6. The number of ether oxygens (including phenoxy) is 2. The Kier molecular flexibility index (Phi) is 7.59. The molecule has 0 radical (unpaired) electrons. The molecule has 1 N–H and O–H groups in total. The molecule has 0 spiro atoms. The van der Waals surface area contributed by atoms with Gasteiger partial charge in [-0.1, -0.05) is 43.0 Å². The van der Waals surface area contributed by atoms with Crippen molar-refractivity contribution in [2.24, 2.45) is 0 Å². The summed E-state index contributed by atoms with van der Waals surface area (Å²) in [5.41, 5.74) is 3.99. The molecule has 1 unspecified atom stereocenters. The molecular formula is C27H25N3O3S2. The third kappa shape index (κ3) is 5.11. The Morgan fingerprint density at radius 3 is 2.63 bits per heavy atom. The summed E-state index contributed by atoms with van der Waals surface area (Å²) in [5.74, 6) is 1.29. The third-order valence-electron chi connectivity index (χ3n) is 5.67. The number of thioether (sulfide) groups is 1. The lowest BCUT2D eigenvalue weighted by molar-refractivity contribution is -0.115. The van der Waals surface area contributed by atoms with Crippen LogP contribution in [0.1, 0.15) is 24.5 Å². The molecule has 0 saturated carbocycles. The van der Waals surface area contributed by atoms with Gasteiger partial charge in [-0.15, -0.1) is 11.3 Å². The summed E-state index contributed by atoms with van der Waals surface area (Å²) in [7, 11) is 3.24. The highest BCUT2D eigenvalue weighted by Gasteiger charge is 2.23. The summed E-state index contributed by atoms with van der Waals surface area (Å²) < 4.78 is 10.7. The second kappa shape index (κ2) is 10.8. The smallest absolute Gasteiger partial charge is 0.238 e. The Bertz CT molecular complexity index is 1410. The number of fused-ring (bicyclic) bond motifs is 1. The molecule has 35 heavy (non-hydrogen) atoms. The fraction of sp³-hybridized carbons (Fsp3) is 0.222. The molecule has 1 amide bonds. The van der Waals surface area contributed by atoms with Crippen molar-refractivity contribution in [2.75, 3.05) is 19.5 Å². The Morgan fingerprint density at radius 1 is 1.20 bits per heavy atom. The van der Waals surface area contributed by atoms with E-state index in [1.807, 2.05) is 67.8 Å². The van der Waals surface area contributed by atoms with Gasteiger partial charge in [-0.05, 0) is 48.7 Å². The number of amides is 1. The van der Waals surface area contributed by atoms with Gasteiger partial charge in [0.15, 0.2) is 0 Å². The first kappa shape index (κ1) is 24.6. The van der Waals surface area contributed by atoms with E-state index in [4.69, 9.17) is 14.5 Å². The van der Waals surface area contributed by atoms with Crippen LogP contribution in [0.25, 0.3) is 22.0 Å². The number of hydrogen-bond acceptors (Lipinski definition) is 7. The molecule has 0 aliphatic carbocycles. The zero-order valence-electron chi connectivity index (χ0n) is 19.9. The van der Waals surface area contributed by atoms with E-state index in [0.29, 0.717) is 22.7 Å². The van der Waals surface area contributed by atoms with Crippen molar-refractivity contribution in [1.29, 1.82) is 5.26 Å². The molecule has 178 valence electrons. The quantitative estimate of drug-likeness (QED) is 0.270. The Labute approximate surface area is 212 Å². The van der Waals surface area contributed by atoms with Crippen LogP contribution in [0, 0.1) is 18.3 Å². The zero-order valence-corrected chi connectivity index (χ0v) is 21.5. The number of thiophene rings is 1. The first-order valence-electron chi connectivity index (χ1n) is 11.1. The molecule has 0 bridgehead atoms. The molecule has 0 saturated heterocycles. The van der Waals surface area contributed by atoms with Crippen molar-refractivity contribution in [3.8, 4) is 28.7 Å². The summed E-state index contributed by atoms with van der Waals surface area (Å²) in [6.07, 6.45) is 0.611. The summed E-state index contributed by atoms with van der Waals surface area (Å²) in [5, 5.41) is 16.7. The number of para-hydroxylation sites is 1. The molecule has 2 aromatic heterocycles. The van der Waals surface area contributed by atoms with E-state index in [2.05, 4.69) is 11.4 Å². The predicted molar refractivity (Wildman–Crippen MR) is 143 cm³/mol. The maximum absolute atomic E-state index is 13.2. The van der Waals surface area contributed by atoms with Crippen molar-refractivity contribution in [2.45, 2.75) is 30.5 Å². The molecule has 8 heteroatoms. The lowest BCUT2D eigenvalue weighted by Gasteiger charge is -2.15. The van der Waals surface area contributed by atoms with E-state index in [9.17, 15) is 10.1 Å². The van der Waals surface area contributed by atoms with Crippen LogP contribution < -0.4 is 14.8 Å². The van der Waals surface area contributed by atoms with Gasteiger partial charge >= 0.3 is 0 Å². The second-order valence-electron chi connectivity index (χ2n) is 7.83. The number of hydrogen-bond donors (Lipinski definition) is 1. The SMILES string of the molecule is CCC(Sc1cc(C)c2cccc(OC)c2n1)C(=O)Nc1scc(-c2ccc(OC)cc2)c1C#N. The topological polar surface area (TPSA) is 84.2 Å². The number of carbonyl (C=O) groups is 1. The highest BCUT2D eigenvalue weighted by molar-refractivity contribution is 8.00. The van der Waals surface area contributed by atoms with Crippen LogP contribution in [0.4, 0.5) is 5.00 Å². The van der Waals surface area contributed by atoms with Gasteiger partial charge in [0.2, 0.25) is 5.91 Å². The molecule has 2 heterocycles. The number of nitriles is 1. The van der Waals surface area contributed by atoms with Gasteiger partial charge in [0.25, 0.3) is 0 Å². The lowest BCUT2D eigenvalue weighted by atomic mass is 10.0. The van der Waals surface area contributed by atoms with Crippen LogP contribution in [-0.4, -0.2) is 30.4 Å². The number of nitrogens with one attached hydrogen (secondary N) is 1. The molecule has 4 rings (SSSR count). The van der Waals surface area contributed by atoms with Crippen LogP contribution in [0.5, 0.6) is 11.5 Å². The maximum atomic E-state index is 13.2. The summed E-state index contributed by atoms with van der Waals surface area (Å²) in [4.78, 5) is 18.0. The van der Waals surface area contributed by atoms with E-state index in [0.717, 1.165) is 38.4 Å². The van der Waals surface area contributed by atoms with Gasteiger partial charge in [0, 0.05) is 16.3 Å². The number of nitrogens with zero attached hydrogens (tertiary/aromatic N) is 2. The van der Waals surface area contributed by atoms with Crippen LogP contribution in [0.2, 0.25) is 0 Å². The minimum atomic E-state index is -0.368. The van der Waals surface area contributed by atoms with E-state index >= 15 is 0 Å². The number of anilines is 1. The summed E-state index contributed by atoms with van der Waals surface area (Å²) in [6.45, 7) is 3.99. The monoisotopic (exact) mass is 503 g/mol. The van der Waals surface area contributed by atoms with Crippen LogP contribution in [0.15, 0.2) is 58.9 Å². The first-order valence-corrected chi connectivity index (χ1v) is 12.8. The Balaban J connectivity index is 1.56. The number of aromatic nitrogens is 1. The summed E-state index contributed by atoms with van der Waals surface area (Å²) in [6, 6.07) is 17.6. The van der Waals surface area contributed by atoms with Crippen molar-refractivity contribution >= 4 is 44.9 Å². The Hall–Kier alpha value is -3.54. The molecule has 1 atom stereocenters. The largest absolute Gasteiger partial charge is 0.497 e.